The SMILES string of the molecule is CN1CC(=O)N(CC(=O)OCC(=O)N[C@@H]2CCCc3ccccc32)C1=O. The molecule has 1 N–H and O–H groups in total. The van der Waals surface area contributed by atoms with Crippen molar-refractivity contribution >= 4 is 23.8 Å². The van der Waals surface area contributed by atoms with E-state index in [4.69, 9.17) is 4.74 Å². The molecule has 0 spiro atoms. The third-order valence-corrected chi connectivity index (χ3v) is 4.59. The molecule has 4 amide bonds. The maximum Gasteiger partial charge on any atom is 0.327 e. The van der Waals surface area contributed by atoms with Crippen molar-refractivity contribution in [3.05, 3.63) is 35.4 Å². The summed E-state index contributed by atoms with van der Waals surface area (Å²) in [6.45, 7) is -0.987. The number of aryl methyl sites for hydroxylation is 1. The third kappa shape index (κ3) is 3.84. The summed E-state index contributed by atoms with van der Waals surface area (Å²) in [6.07, 6.45) is 2.80. The molecule has 1 aromatic carbocycles. The highest BCUT2D eigenvalue weighted by Gasteiger charge is 2.35. The highest BCUT2D eigenvalue weighted by Crippen LogP contribution is 2.29. The number of likely N-dealkylation sites (N-methyl/N-ethyl adjacent to an activating group) is 1. The molecule has 0 bridgehead atoms. The smallest absolute Gasteiger partial charge is 0.327 e. The van der Waals surface area contributed by atoms with E-state index in [2.05, 4.69) is 11.4 Å². The zero-order valence-electron chi connectivity index (χ0n) is 14.6. The van der Waals surface area contributed by atoms with E-state index < -0.39 is 37.0 Å². The van der Waals surface area contributed by atoms with Gasteiger partial charge in [-0.1, -0.05) is 24.3 Å². The van der Waals surface area contributed by atoms with E-state index in [1.54, 1.807) is 0 Å². The second-order valence-electron chi connectivity index (χ2n) is 6.49. The number of esters is 1. The van der Waals surface area contributed by atoms with E-state index in [-0.39, 0.29) is 12.6 Å². The van der Waals surface area contributed by atoms with Crippen molar-refractivity contribution in [2.75, 3.05) is 26.7 Å². The van der Waals surface area contributed by atoms with Gasteiger partial charge in [-0.3, -0.25) is 19.3 Å². The molecule has 1 fully saturated rings. The molecule has 2 aliphatic rings. The van der Waals surface area contributed by atoms with Gasteiger partial charge in [0.1, 0.15) is 13.1 Å². The lowest BCUT2D eigenvalue weighted by molar-refractivity contribution is -0.150. The van der Waals surface area contributed by atoms with Crippen molar-refractivity contribution in [2.24, 2.45) is 0 Å². The van der Waals surface area contributed by atoms with Crippen LogP contribution in [-0.4, -0.2) is 60.4 Å². The van der Waals surface area contributed by atoms with Crippen molar-refractivity contribution in [3.8, 4) is 0 Å². The fraction of sp³-hybridized carbons (Fsp3) is 0.444. The predicted octanol–water partition coefficient (Wildman–Crippen LogP) is 0.617. The van der Waals surface area contributed by atoms with Gasteiger partial charge < -0.3 is 15.0 Å². The van der Waals surface area contributed by atoms with Crippen LogP contribution in [-0.2, 0) is 25.5 Å². The van der Waals surface area contributed by atoms with Gasteiger partial charge in [-0.25, -0.2) is 4.79 Å². The minimum Gasteiger partial charge on any atom is -0.454 e. The summed E-state index contributed by atoms with van der Waals surface area (Å²) in [5.74, 6) is -1.66. The second kappa shape index (κ2) is 7.55. The van der Waals surface area contributed by atoms with E-state index in [0.717, 1.165) is 29.7 Å². The molecule has 26 heavy (non-hydrogen) atoms. The van der Waals surface area contributed by atoms with Crippen LogP contribution in [0, 0.1) is 0 Å². The highest BCUT2D eigenvalue weighted by atomic mass is 16.5. The van der Waals surface area contributed by atoms with Crippen LogP contribution >= 0.6 is 0 Å². The lowest BCUT2D eigenvalue weighted by Gasteiger charge is -2.26. The van der Waals surface area contributed by atoms with Crippen molar-refractivity contribution in [1.29, 1.82) is 0 Å². The molecule has 1 atom stereocenters. The van der Waals surface area contributed by atoms with E-state index >= 15 is 0 Å². The largest absolute Gasteiger partial charge is 0.454 e. The first-order valence-electron chi connectivity index (χ1n) is 8.54. The average molecular weight is 359 g/mol. The fourth-order valence-electron chi connectivity index (χ4n) is 3.29. The number of ether oxygens (including phenoxy) is 1. The van der Waals surface area contributed by atoms with Gasteiger partial charge in [0, 0.05) is 7.05 Å². The Morgan fingerprint density at radius 1 is 1.27 bits per heavy atom. The van der Waals surface area contributed by atoms with E-state index in [9.17, 15) is 19.2 Å². The summed E-state index contributed by atoms with van der Waals surface area (Å²) in [5.41, 5.74) is 2.31. The molecule has 1 saturated heterocycles. The Morgan fingerprint density at radius 2 is 2.04 bits per heavy atom. The van der Waals surface area contributed by atoms with Crippen molar-refractivity contribution in [1.82, 2.24) is 15.1 Å². The summed E-state index contributed by atoms with van der Waals surface area (Å²) in [7, 11) is 1.47. The maximum absolute atomic E-state index is 12.1. The van der Waals surface area contributed by atoms with Crippen molar-refractivity contribution in [2.45, 2.75) is 25.3 Å². The Bertz CT molecular complexity index is 748. The Balaban J connectivity index is 1.48. The molecule has 138 valence electrons. The number of nitrogens with zero attached hydrogens (tertiary/aromatic N) is 2. The molecular formula is C18H21N3O5. The zero-order valence-corrected chi connectivity index (χ0v) is 14.6. The Morgan fingerprint density at radius 3 is 2.77 bits per heavy atom. The quantitative estimate of drug-likeness (QED) is 0.614. The summed E-state index contributed by atoms with van der Waals surface area (Å²) < 4.78 is 4.91. The Kier molecular flexibility index (Phi) is 5.20. The first kappa shape index (κ1) is 17.9. The summed E-state index contributed by atoms with van der Waals surface area (Å²) >= 11 is 0. The monoisotopic (exact) mass is 359 g/mol. The molecule has 0 radical (unpaired) electrons. The number of benzene rings is 1. The van der Waals surface area contributed by atoms with Gasteiger partial charge in [0.2, 0.25) is 0 Å². The number of carbonyl (C=O) groups is 4. The Hall–Kier alpha value is -2.90. The molecule has 0 aromatic heterocycles. The topological polar surface area (TPSA) is 96.0 Å². The van der Waals surface area contributed by atoms with Gasteiger partial charge >= 0.3 is 12.0 Å². The van der Waals surface area contributed by atoms with Crippen LogP contribution in [0.3, 0.4) is 0 Å². The van der Waals surface area contributed by atoms with Crippen LogP contribution in [0.1, 0.15) is 30.0 Å². The summed E-state index contributed by atoms with van der Waals surface area (Å²) in [6, 6.07) is 7.31. The number of nitrogens with one attached hydrogen (secondary N) is 1. The molecule has 8 heteroatoms. The van der Waals surface area contributed by atoms with Crippen LogP contribution < -0.4 is 5.32 Å². The number of carbonyl (C=O) groups excluding carboxylic acids is 4. The van der Waals surface area contributed by atoms with Gasteiger partial charge in [0.25, 0.3) is 11.8 Å². The van der Waals surface area contributed by atoms with Crippen molar-refractivity contribution < 1.29 is 23.9 Å². The molecule has 3 rings (SSSR count). The number of hydrogen-bond donors (Lipinski definition) is 1. The molecule has 1 heterocycles. The highest BCUT2D eigenvalue weighted by molar-refractivity contribution is 6.04. The number of fused-ring (bicyclic) bond motifs is 1. The lowest BCUT2D eigenvalue weighted by atomic mass is 9.88. The van der Waals surface area contributed by atoms with Gasteiger partial charge in [-0.15, -0.1) is 0 Å². The lowest BCUT2D eigenvalue weighted by Crippen LogP contribution is -2.39. The molecular weight excluding hydrogens is 338 g/mol. The molecule has 0 saturated carbocycles. The molecule has 1 aliphatic carbocycles. The van der Waals surface area contributed by atoms with Gasteiger partial charge in [0.05, 0.1) is 6.04 Å². The average Bonchev–Trinajstić information content (AvgIpc) is 2.86. The molecule has 8 nitrogen and oxygen atoms in total. The third-order valence-electron chi connectivity index (χ3n) is 4.59. The second-order valence-corrected chi connectivity index (χ2v) is 6.49. The molecule has 1 aromatic rings. The van der Waals surface area contributed by atoms with Crippen LogP contribution in [0.25, 0.3) is 0 Å². The standard InChI is InChI=1S/C18H21N3O5/c1-20-9-16(23)21(18(20)25)10-17(24)26-11-15(22)19-14-8-4-6-12-5-2-3-7-13(12)14/h2-3,5,7,14H,4,6,8-11H2,1H3,(H,19,22)/t14-/m1/s1. The van der Waals surface area contributed by atoms with Crippen molar-refractivity contribution in [3.63, 3.8) is 0 Å². The van der Waals surface area contributed by atoms with Crippen LogP contribution in [0.4, 0.5) is 4.79 Å². The van der Waals surface area contributed by atoms with Crippen LogP contribution in [0.15, 0.2) is 24.3 Å². The fourth-order valence-corrected chi connectivity index (χ4v) is 3.29. The minimum absolute atomic E-state index is 0.0618. The molecule has 1 aliphatic heterocycles. The van der Waals surface area contributed by atoms with Gasteiger partial charge in [-0.05, 0) is 30.4 Å². The number of imide groups is 1. The maximum atomic E-state index is 12.1. The van der Waals surface area contributed by atoms with E-state index in [0.29, 0.717) is 0 Å². The van der Waals surface area contributed by atoms with E-state index in [1.807, 2.05) is 18.2 Å². The molecule has 0 unspecified atom stereocenters. The summed E-state index contributed by atoms with van der Waals surface area (Å²) in [5, 5.41) is 2.88. The normalized spacial score (nSPS) is 19.3. The number of urea groups is 1. The van der Waals surface area contributed by atoms with Crippen LogP contribution in [0.2, 0.25) is 0 Å². The Labute approximate surface area is 151 Å². The van der Waals surface area contributed by atoms with Crippen LogP contribution in [0.5, 0.6) is 0 Å². The van der Waals surface area contributed by atoms with E-state index in [1.165, 1.54) is 17.5 Å². The first-order valence-corrected chi connectivity index (χ1v) is 8.54. The van der Waals surface area contributed by atoms with Gasteiger partial charge in [-0.2, -0.15) is 0 Å². The number of hydrogen-bond acceptors (Lipinski definition) is 5. The number of rotatable bonds is 5. The summed E-state index contributed by atoms with van der Waals surface area (Å²) in [4.78, 5) is 49.3. The predicted molar refractivity (Wildman–Crippen MR) is 91.0 cm³/mol. The van der Waals surface area contributed by atoms with Gasteiger partial charge in [0.15, 0.2) is 6.61 Å². The zero-order chi connectivity index (χ0) is 18.7. The minimum atomic E-state index is -0.791. The first-order chi connectivity index (χ1) is 12.5. The number of amides is 4.